The van der Waals surface area contributed by atoms with E-state index < -0.39 is 0 Å². The Morgan fingerprint density at radius 2 is 0.929 bits per heavy atom. The lowest BCUT2D eigenvalue weighted by molar-refractivity contribution is 0.667. The van der Waals surface area contributed by atoms with Crippen LogP contribution in [0.5, 0.6) is 0 Å². The number of hydrogen-bond acceptors (Lipinski definition) is 4. The van der Waals surface area contributed by atoms with Crippen LogP contribution in [-0.2, 0) is 5.41 Å². The quantitative estimate of drug-likeness (QED) is 0.173. The maximum atomic E-state index is 6.40. The van der Waals surface area contributed by atoms with E-state index in [9.17, 15) is 0 Å². The van der Waals surface area contributed by atoms with Crippen molar-refractivity contribution in [1.82, 2.24) is 24.1 Å². The fourth-order valence-electron chi connectivity index (χ4n) is 11.8. The van der Waals surface area contributed by atoms with Crippen LogP contribution in [0.3, 0.4) is 0 Å². The van der Waals surface area contributed by atoms with E-state index in [2.05, 4.69) is 193 Å². The number of fused-ring (bicyclic) bond motifs is 14. The Bertz CT molecular complexity index is 4460. The van der Waals surface area contributed by atoms with Crippen molar-refractivity contribution < 1.29 is 4.42 Å². The molecule has 15 rings (SSSR count). The highest BCUT2D eigenvalue weighted by Crippen LogP contribution is 2.53. The fourth-order valence-corrected chi connectivity index (χ4v) is 11.8. The lowest BCUT2D eigenvalue weighted by atomic mass is 9.80. The number of furan rings is 1. The van der Waals surface area contributed by atoms with E-state index in [1.165, 1.54) is 54.6 Å². The average molecular weight is 896 g/mol. The van der Waals surface area contributed by atoms with Gasteiger partial charge in [0.15, 0.2) is 17.5 Å². The molecule has 4 heterocycles. The molecule has 10 aromatic carbocycles. The molecule has 0 fully saturated rings. The van der Waals surface area contributed by atoms with Crippen molar-refractivity contribution in [2.75, 3.05) is 0 Å². The molecule has 0 amide bonds. The fraction of sp³-hybridized carbons (Fsp3) is 0.0469. The summed E-state index contributed by atoms with van der Waals surface area (Å²) in [5, 5.41) is 9.37. The molecule has 0 saturated heterocycles. The second-order valence-corrected chi connectivity index (χ2v) is 19.2. The third kappa shape index (κ3) is 5.53. The van der Waals surface area contributed by atoms with E-state index >= 15 is 0 Å². The predicted molar refractivity (Wildman–Crippen MR) is 287 cm³/mol. The van der Waals surface area contributed by atoms with Gasteiger partial charge in [0.25, 0.3) is 0 Å². The Kier molecular flexibility index (Phi) is 8.03. The van der Waals surface area contributed by atoms with Crippen LogP contribution in [0.25, 0.3) is 133 Å². The summed E-state index contributed by atoms with van der Waals surface area (Å²) in [5.74, 6) is 1.74. The molecule has 1 aliphatic carbocycles. The third-order valence-electron chi connectivity index (χ3n) is 14.9. The Labute approximate surface area is 402 Å². The van der Waals surface area contributed by atoms with Gasteiger partial charge in [-0.15, -0.1) is 0 Å². The zero-order chi connectivity index (χ0) is 46.2. The smallest absolute Gasteiger partial charge is 0.164 e. The lowest BCUT2D eigenvalue weighted by Crippen LogP contribution is -2.15. The van der Waals surface area contributed by atoms with Gasteiger partial charge in [-0.25, -0.2) is 15.0 Å². The minimum Gasteiger partial charge on any atom is -0.456 e. The van der Waals surface area contributed by atoms with Crippen molar-refractivity contribution in [2.24, 2.45) is 0 Å². The Morgan fingerprint density at radius 3 is 1.64 bits per heavy atom. The molecule has 4 aromatic heterocycles. The zero-order valence-electron chi connectivity index (χ0n) is 38.4. The highest BCUT2D eigenvalue weighted by Gasteiger charge is 2.38. The van der Waals surface area contributed by atoms with E-state index in [1.807, 2.05) is 42.5 Å². The molecule has 6 nitrogen and oxygen atoms in total. The molecule has 14 aromatic rings. The summed E-state index contributed by atoms with van der Waals surface area (Å²) < 4.78 is 11.3. The van der Waals surface area contributed by atoms with Crippen molar-refractivity contribution in [2.45, 2.75) is 19.3 Å². The molecule has 0 bridgehead atoms. The van der Waals surface area contributed by atoms with Gasteiger partial charge in [-0.1, -0.05) is 166 Å². The normalized spacial score (nSPS) is 13.1. The number of rotatable bonds is 5. The SMILES string of the molecule is CC1(C)c2cc3c(cc2-c2ccc4ccccc4c21)c1ccccc1n3-c1cc(-c2nc(-c3ccccc3)nc(-c3cccc4oc5ccccc5c34)n2)cc(-n2c3ccccc3c3ccccc32)c1. The molecule has 328 valence electrons. The van der Waals surface area contributed by atoms with Gasteiger partial charge in [0.05, 0.1) is 22.1 Å². The number of benzene rings is 10. The summed E-state index contributed by atoms with van der Waals surface area (Å²) in [7, 11) is 0. The van der Waals surface area contributed by atoms with Crippen LogP contribution in [0, 0.1) is 0 Å². The largest absolute Gasteiger partial charge is 0.456 e. The minimum atomic E-state index is -0.241. The van der Waals surface area contributed by atoms with E-state index in [1.54, 1.807) is 0 Å². The second-order valence-electron chi connectivity index (χ2n) is 19.2. The minimum absolute atomic E-state index is 0.241. The van der Waals surface area contributed by atoms with E-state index in [-0.39, 0.29) is 5.41 Å². The van der Waals surface area contributed by atoms with Crippen LogP contribution in [0.1, 0.15) is 25.0 Å². The topological polar surface area (TPSA) is 61.7 Å². The van der Waals surface area contributed by atoms with Gasteiger partial charge in [-0.2, -0.15) is 0 Å². The highest BCUT2D eigenvalue weighted by molar-refractivity contribution is 6.14. The molecule has 0 N–H and O–H groups in total. The highest BCUT2D eigenvalue weighted by atomic mass is 16.3. The van der Waals surface area contributed by atoms with Crippen LogP contribution in [0.2, 0.25) is 0 Å². The summed E-state index contributed by atoms with van der Waals surface area (Å²) >= 11 is 0. The molecule has 0 aliphatic heterocycles. The van der Waals surface area contributed by atoms with Gasteiger partial charge in [-0.05, 0) is 93.7 Å². The monoisotopic (exact) mass is 895 g/mol. The lowest BCUT2D eigenvalue weighted by Gasteiger charge is -2.23. The third-order valence-corrected chi connectivity index (χ3v) is 14.9. The van der Waals surface area contributed by atoms with Gasteiger partial charge >= 0.3 is 0 Å². The Balaban J connectivity index is 1.04. The molecule has 0 unspecified atom stereocenters. The van der Waals surface area contributed by atoms with Crippen molar-refractivity contribution in [3.63, 3.8) is 0 Å². The van der Waals surface area contributed by atoms with E-state index in [4.69, 9.17) is 19.4 Å². The second kappa shape index (κ2) is 14.4. The zero-order valence-corrected chi connectivity index (χ0v) is 38.4. The van der Waals surface area contributed by atoms with E-state index in [0.717, 1.165) is 72.1 Å². The van der Waals surface area contributed by atoms with Crippen LogP contribution < -0.4 is 0 Å². The number of aromatic nitrogens is 5. The first-order valence-electron chi connectivity index (χ1n) is 23.9. The molecule has 0 saturated carbocycles. The van der Waals surface area contributed by atoms with Crippen molar-refractivity contribution in [1.29, 1.82) is 0 Å². The van der Waals surface area contributed by atoms with Crippen LogP contribution in [0.15, 0.2) is 217 Å². The standard InChI is InChI=1S/C64H41N5O/c1-64(2)52-37-56-51(36-50(52)47-32-31-38-17-6-7-20-43(38)60(47)64)46-23-10-14-28-55(46)69(56)42-34-40(33-41(35-42)68-53-26-12-8-21-44(53)45-22-9-13-27-54(45)68)62-65-61(39-18-4-3-5-19-39)66-63(67-62)49-25-16-30-58-59(49)48-24-11-15-29-57(48)70-58/h3-37H,1-2H3. The number of para-hydroxylation sites is 4. The summed E-state index contributed by atoms with van der Waals surface area (Å²) in [6, 6.07) is 76.0. The Hall–Kier alpha value is -9.13. The van der Waals surface area contributed by atoms with Gasteiger partial charge in [0, 0.05) is 65.8 Å². The van der Waals surface area contributed by atoms with Gasteiger partial charge in [0.2, 0.25) is 0 Å². The first-order valence-corrected chi connectivity index (χ1v) is 23.9. The van der Waals surface area contributed by atoms with Crippen LogP contribution >= 0.6 is 0 Å². The number of nitrogens with zero attached hydrogens (tertiary/aromatic N) is 5. The van der Waals surface area contributed by atoms with Gasteiger partial charge < -0.3 is 13.6 Å². The van der Waals surface area contributed by atoms with Gasteiger partial charge in [0.1, 0.15) is 11.2 Å². The number of hydrogen-bond donors (Lipinski definition) is 0. The first-order chi connectivity index (χ1) is 34.5. The van der Waals surface area contributed by atoms with Gasteiger partial charge in [-0.3, -0.25) is 0 Å². The molecule has 0 spiro atoms. The summed E-state index contributed by atoms with van der Waals surface area (Å²) in [6.45, 7) is 4.78. The molecular formula is C64H41N5O. The maximum Gasteiger partial charge on any atom is 0.164 e. The van der Waals surface area contributed by atoms with Crippen molar-refractivity contribution >= 4 is 76.3 Å². The van der Waals surface area contributed by atoms with Crippen molar-refractivity contribution in [3.05, 3.63) is 223 Å². The molecule has 6 heteroatoms. The maximum absolute atomic E-state index is 6.40. The van der Waals surface area contributed by atoms with E-state index in [0.29, 0.717) is 17.5 Å². The molecule has 0 atom stereocenters. The summed E-state index contributed by atoms with van der Waals surface area (Å²) in [6.07, 6.45) is 0. The van der Waals surface area contributed by atoms with Crippen LogP contribution in [0.4, 0.5) is 0 Å². The molecular weight excluding hydrogens is 855 g/mol. The Morgan fingerprint density at radius 1 is 0.371 bits per heavy atom. The molecule has 1 aliphatic rings. The molecule has 0 radical (unpaired) electrons. The summed E-state index contributed by atoms with van der Waals surface area (Å²) in [5.41, 5.74) is 15.9. The first kappa shape index (κ1) is 38.9. The summed E-state index contributed by atoms with van der Waals surface area (Å²) in [4.78, 5) is 16.1. The van der Waals surface area contributed by atoms with Crippen molar-refractivity contribution in [3.8, 4) is 56.7 Å². The molecule has 70 heavy (non-hydrogen) atoms. The van der Waals surface area contributed by atoms with Crippen LogP contribution in [-0.4, -0.2) is 24.1 Å². The average Bonchev–Trinajstić information content (AvgIpc) is 4.13. The predicted octanol–water partition coefficient (Wildman–Crippen LogP) is 16.4.